The Kier molecular flexibility index (Phi) is 9.66. The monoisotopic (exact) mass is 294 g/mol. The summed E-state index contributed by atoms with van der Waals surface area (Å²) in [6, 6.07) is 0. The Morgan fingerprint density at radius 3 is 2.05 bits per heavy atom. The predicted molar refractivity (Wildman–Crippen MR) is 78.5 cm³/mol. The van der Waals surface area contributed by atoms with Gasteiger partial charge in [0.05, 0.1) is 6.61 Å². The van der Waals surface area contributed by atoms with E-state index >= 15 is 0 Å². The van der Waals surface area contributed by atoms with Gasteiger partial charge in [-0.05, 0) is 24.7 Å². The van der Waals surface area contributed by atoms with Gasteiger partial charge in [-0.25, -0.2) is 4.18 Å². The molecular weight excluding hydrogens is 264 g/mol. The first-order valence-electron chi connectivity index (χ1n) is 7.39. The van der Waals surface area contributed by atoms with Crippen LogP contribution in [0.4, 0.5) is 0 Å². The SMILES string of the molecule is CCCCCCCCC(C)(C)CCCOS(=O)(=O)O. The van der Waals surface area contributed by atoms with Gasteiger partial charge in [-0.2, -0.15) is 8.42 Å². The fraction of sp³-hybridized carbons (Fsp3) is 1.00. The van der Waals surface area contributed by atoms with E-state index in [0.717, 1.165) is 12.8 Å². The molecule has 0 fully saturated rings. The Labute approximate surface area is 118 Å². The maximum atomic E-state index is 10.4. The number of rotatable bonds is 12. The summed E-state index contributed by atoms with van der Waals surface area (Å²) in [6.07, 6.45) is 10.5. The average Bonchev–Trinajstić information content (AvgIpc) is 2.28. The highest BCUT2D eigenvalue weighted by Gasteiger charge is 2.17. The van der Waals surface area contributed by atoms with Gasteiger partial charge < -0.3 is 0 Å². The highest BCUT2D eigenvalue weighted by molar-refractivity contribution is 7.80. The summed E-state index contributed by atoms with van der Waals surface area (Å²) < 4.78 is 33.5. The minimum absolute atomic E-state index is 0.0682. The van der Waals surface area contributed by atoms with Crippen LogP contribution in [0.1, 0.15) is 78.6 Å². The third kappa shape index (κ3) is 14.1. The maximum Gasteiger partial charge on any atom is 0.397 e. The Bertz CT molecular complexity index is 309. The minimum Gasteiger partial charge on any atom is -0.264 e. The van der Waals surface area contributed by atoms with Crippen LogP contribution in [-0.4, -0.2) is 19.6 Å². The number of hydrogen-bond donors (Lipinski definition) is 1. The molecule has 0 aliphatic rings. The van der Waals surface area contributed by atoms with Crippen molar-refractivity contribution in [1.29, 1.82) is 0 Å². The van der Waals surface area contributed by atoms with Crippen LogP contribution in [0.3, 0.4) is 0 Å². The molecule has 0 heterocycles. The van der Waals surface area contributed by atoms with Crippen molar-refractivity contribution in [3.63, 3.8) is 0 Å². The van der Waals surface area contributed by atoms with E-state index in [4.69, 9.17) is 4.55 Å². The minimum atomic E-state index is -4.27. The highest BCUT2D eigenvalue weighted by atomic mass is 32.3. The smallest absolute Gasteiger partial charge is 0.264 e. The molecule has 0 spiro atoms. The quantitative estimate of drug-likeness (QED) is 0.429. The molecule has 19 heavy (non-hydrogen) atoms. The molecule has 0 radical (unpaired) electrons. The number of unbranched alkanes of at least 4 members (excludes halogenated alkanes) is 5. The van der Waals surface area contributed by atoms with Crippen molar-refractivity contribution in [2.45, 2.75) is 78.6 Å². The van der Waals surface area contributed by atoms with Gasteiger partial charge in [0.25, 0.3) is 0 Å². The molecule has 0 saturated carbocycles. The summed E-state index contributed by atoms with van der Waals surface area (Å²) in [5.74, 6) is 0. The summed E-state index contributed by atoms with van der Waals surface area (Å²) in [5, 5.41) is 0. The molecule has 0 bridgehead atoms. The third-order valence-corrected chi connectivity index (χ3v) is 3.90. The van der Waals surface area contributed by atoms with Crippen molar-refractivity contribution < 1.29 is 17.2 Å². The van der Waals surface area contributed by atoms with Crippen molar-refractivity contribution in [2.24, 2.45) is 5.41 Å². The van der Waals surface area contributed by atoms with E-state index in [0.29, 0.717) is 6.42 Å². The van der Waals surface area contributed by atoms with Crippen molar-refractivity contribution in [2.75, 3.05) is 6.61 Å². The Morgan fingerprint density at radius 1 is 0.947 bits per heavy atom. The van der Waals surface area contributed by atoms with Gasteiger partial charge in [0, 0.05) is 0 Å². The lowest BCUT2D eigenvalue weighted by atomic mass is 9.82. The Hall–Kier alpha value is -0.130. The molecule has 0 rings (SSSR count). The van der Waals surface area contributed by atoms with E-state index in [9.17, 15) is 8.42 Å². The van der Waals surface area contributed by atoms with Crippen LogP contribution in [0.25, 0.3) is 0 Å². The normalized spacial score (nSPS) is 12.8. The molecule has 0 aromatic rings. The lowest BCUT2D eigenvalue weighted by Gasteiger charge is -2.24. The second-order valence-corrected chi connectivity index (χ2v) is 7.13. The molecule has 0 aromatic heterocycles. The maximum absolute atomic E-state index is 10.4. The van der Waals surface area contributed by atoms with Gasteiger partial charge in [-0.15, -0.1) is 0 Å². The van der Waals surface area contributed by atoms with Gasteiger partial charge >= 0.3 is 10.4 Å². The van der Waals surface area contributed by atoms with Crippen LogP contribution in [0.15, 0.2) is 0 Å². The molecule has 0 atom stereocenters. The zero-order valence-electron chi connectivity index (χ0n) is 12.7. The first-order valence-corrected chi connectivity index (χ1v) is 8.75. The standard InChI is InChI=1S/C14H30O4S/c1-4-5-6-7-8-9-11-14(2,3)12-10-13-18-19(15,16)17/h4-13H2,1-3H3,(H,15,16,17). The van der Waals surface area contributed by atoms with E-state index in [1.807, 2.05) is 0 Å². The molecule has 0 aliphatic carbocycles. The molecule has 4 nitrogen and oxygen atoms in total. The second-order valence-electron chi connectivity index (χ2n) is 6.04. The molecule has 0 aliphatic heterocycles. The van der Waals surface area contributed by atoms with Crippen LogP contribution in [0.5, 0.6) is 0 Å². The van der Waals surface area contributed by atoms with E-state index in [1.165, 1.54) is 38.5 Å². The second kappa shape index (κ2) is 9.72. The first kappa shape index (κ1) is 18.9. The van der Waals surface area contributed by atoms with Crippen molar-refractivity contribution in [3.05, 3.63) is 0 Å². The van der Waals surface area contributed by atoms with Gasteiger partial charge in [0.2, 0.25) is 0 Å². The molecule has 5 heteroatoms. The fourth-order valence-electron chi connectivity index (χ4n) is 2.22. The molecule has 116 valence electrons. The van der Waals surface area contributed by atoms with E-state index < -0.39 is 10.4 Å². The van der Waals surface area contributed by atoms with Crippen LogP contribution in [0.2, 0.25) is 0 Å². The van der Waals surface area contributed by atoms with Crippen molar-refractivity contribution in [3.8, 4) is 0 Å². The fourth-order valence-corrected chi connectivity index (χ4v) is 2.55. The van der Waals surface area contributed by atoms with E-state index in [-0.39, 0.29) is 12.0 Å². The predicted octanol–water partition coefficient (Wildman–Crippen LogP) is 4.36. The summed E-state index contributed by atoms with van der Waals surface area (Å²) in [5.41, 5.74) is 0.216. The summed E-state index contributed by atoms with van der Waals surface area (Å²) >= 11 is 0. The lowest BCUT2D eigenvalue weighted by Crippen LogP contribution is -2.13. The van der Waals surface area contributed by atoms with Gasteiger partial charge in [-0.3, -0.25) is 4.55 Å². The average molecular weight is 294 g/mol. The highest BCUT2D eigenvalue weighted by Crippen LogP contribution is 2.29. The van der Waals surface area contributed by atoms with Crippen LogP contribution >= 0.6 is 0 Å². The van der Waals surface area contributed by atoms with Crippen molar-refractivity contribution >= 4 is 10.4 Å². The zero-order chi connectivity index (χ0) is 14.8. The van der Waals surface area contributed by atoms with Crippen molar-refractivity contribution in [1.82, 2.24) is 0 Å². The molecular formula is C14H30O4S. The van der Waals surface area contributed by atoms with Crippen LogP contribution in [0, 0.1) is 5.41 Å². The van der Waals surface area contributed by atoms with E-state index in [2.05, 4.69) is 25.0 Å². The molecule has 0 saturated heterocycles. The van der Waals surface area contributed by atoms with Gasteiger partial charge in [0.1, 0.15) is 0 Å². The van der Waals surface area contributed by atoms with Crippen LogP contribution in [-0.2, 0) is 14.6 Å². The largest absolute Gasteiger partial charge is 0.397 e. The molecule has 0 amide bonds. The summed E-state index contributed by atoms with van der Waals surface area (Å²) in [4.78, 5) is 0. The summed E-state index contributed by atoms with van der Waals surface area (Å²) in [7, 11) is -4.27. The van der Waals surface area contributed by atoms with E-state index in [1.54, 1.807) is 0 Å². The Balaban J connectivity index is 3.57. The third-order valence-electron chi connectivity index (χ3n) is 3.44. The van der Waals surface area contributed by atoms with Gasteiger partial charge in [0.15, 0.2) is 0 Å². The molecule has 0 unspecified atom stereocenters. The van der Waals surface area contributed by atoms with Gasteiger partial charge in [-0.1, -0.05) is 59.3 Å². The molecule has 1 N–H and O–H groups in total. The summed E-state index contributed by atoms with van der Waals surface area (Å²) in [6.45, 7) is 6.69. The molecule has 0 aromatic carbocycles. The first-order chi connectivity index (χ1) is 8.77. The number of hydrogen-bond acceptors (Lipinski definition) is 3. The Morgan fingerprint density at radius 2 is 1.47 bits per heavy atom. The van der Waals surface area contributed by atoms with Crippen LogP contribution < -0.4 is 0 Å². The lowest BCUT2D eigenvalue weighted by molar-refractivity contribution is 0.225. The zero-order valence-corrected chi connectivity index (χ0v) is 13.5. The topological polar surface area (TPSA) is 63.6 Å².